The van der Waals surface area contributed by atoms with E-state index in [1.807, 2.05) is 0 Å². The average molecular weight is 255 g/mol. The number of nitrogens with zero attached hydrogens (tertiary/aromatic N) is 2. The molecule has 0 fully saturated rings. The molecule has 0 unspecified atom stereocenters. The Labute approximate surface area is 115 Å². The fourth-order valence-corrected chi connectivity index (χ4v) is 1.13. The Kier molecular flexibility index (Phi) is 76.2. The van der Waals surface area contributed by atoms with Crippen LogP contribution in [0.15, 0.2) is 0 Å². The molecule has 0 aromatic carbocycles. The summed E-state index contributed by atoms with van der Waals surface area (Å²) in [6, 6.07) is 0. The standard InChI is InChI=1S/C9H22N2.6CH4/c1-5-10(6-2)9-11(7-3)8-4;;;;;;/h5-9H2,1-4H3;6*1H4. The van der Waals surface area contributed by atoms with Crippen LogP contribution in [-0.4, -0.2) is 42.6 Å². The Bertz CT molecular complexity index is 67.0. The largest absolute Gasteiger partial charge is 0.291 e. The quantitative estimate of drug-likeness (QED) is 0.582. The first-order chi connectivity index (χ1) is 5.28. The summed E-state index contributed by atoms with van der Waals surface area (Å²) in [5.41, 5.74) is 0. The van der Waals surface area contributed by atoms with Crippen LogP contribution in [0.4, 0.5) is 0 Å². The first-order valence-electron chi connectivity index (χ1n) is 4.73. The van der Waals surface area contributed by atoms with Crippen molar-refractivity contribution in [1.29, 1.82) is 0 Å². The van der Waals surface area contributed by atoms with E-state index < -0.39 is 0 Å². The molecule has 2 nitrogen and oxygen atoms in total. The second kappa shape index (κ2) is 29.7. The highest BCUT2D eigenvalue weighted by atomic mass is 15.3. The van der Waals surface area contributed by atoms with Gasteiger partial charge in [-0.1, -0.05) is 72.3 Å². The summed E-state index contributed by atoms with van der Waals surface area (Å²) in [6.07, 6.45) is 0. The van der Waals surface area contributed by atoms with E-state index >= 15 is 0 Å². The number of hydrogen-bond acceptors (Lipinski definition) is 2. The van der Waals surface area contributed by atoms with E-state index in [1.165, 1.54) is 0 Å². The molecule has 116 valence electrons. The van der Waals surface area contributed by atoms with Crippen LogP contribution in [0, 0.1) is 0 Å². The molecular weight excluding hydrogens is 208 g/mol. The van der Waals surface area contributed by atoms with Crippen molar-refractivity contribution in [3.05, 3.63) is 0 Å². The van der Waals surface area contributed by atoms with Crippen molar-refractivity contribution in [2.24, 2.45) is 0 Å². The monoisotopic (exact) mass is 254 g/mol. The van der Waals surface area contributed by atoms with Gasteiger partial charge < -0.3 is 0 Å². The summed E-state index contributed by atoms with van der Waals surface area (Å²) in [6.45, 7) is 14.6. The van der Waals surface area contributed by atoms with Crippen molar-refractivity contribution >= 4 is 0 Å². The average Bonchev–Trinajstić information content (AvgIpc) is 2.07. The van der Waals surface area contributed by atoms with Gasteiger partial charge in [0.05, 0.1) is 6.67 Å². The highest BCUT2D eigenvalue weighted by molar-refractivity contribution is 4.53. The minimum atomic E-state index is 0. The Morgan fingerprint density at radius 3 is 0.765 bits per heavy atom. The van der Waals surface area contributed by atoms with Gasteiger partial charge in [-0.15, -0.1) is 0 Å². The van der Waals surface area contributed by atoms with E-state index in [4.69, 9.17) is 0 Å². The second-order valence-electron chi connectivity index (χ2n) is 2.75. The van der Waals surface area contributed by atoms with Crippen LogP contribution in [0.1, 0.15) is 72.3 Å². The van der Waals surface area contributed by atoms with Gasteiger partial charge in [0.15, 0.2) is 0 Å². The van der Waals surface area contributed by atoms with Crippen LogP contribution in [0.2, 0.25) is 0 Å². The molecule has 0 saturated heterocycles. The van der Waals surface area contributed by atoms with Gasteiger partial charge in [0, 0.05) is 0 Å². The molecule has 0 aliphatic carbocycles. The fourth-order valence-electron chi connectivity index (χ4n) is 1.13. The van der Waals surface area contributed by atoms with Gasteiger partial charge in [0.2, 0.25) is 0 Å². The smallest absolute Gasteiger partial charge is 0.0505 e. The highest BCUT2D eigenvalue weighted by Gasteiger charge is 2.03. The summed E-state index contributed by atoms with van der Waals surface area (Å²) in [5, 5.41) is 0. The maximum Gasteiger partial charge on any atom is 0.0505 e. The van der Waals surface area contributed by atoms with Gasteiger partial charge in [-0.3, -0.25) is 9.80 Å². The lowest BCUT2D eigenvalue weighted by Gasteiger charge is -2.26. The lowest BCUT2D eigenvalue weighted by atomic mass is 10.5. The van der Waals surface area contributed by atoms with Gasteiger partial charge in [-0.2, -0.15) is 0 Å². The Balaban J connectivity index is -0.0000000333. The van der Waals surface area contributed by atoms with Crippen LogP contribution in [0.3, 0.4) is 0 Å². The van der Waals surface area contributed by atoms with Crippen molar-refractivity contribution < 1.29 is 0 Å². The van der Waals surface area contributed by atoms with Crippen molar-refractivity contribution in [3.8, 4) is 0 Å². The predicted molar refractivity (Wildman–Crippen MR) is 91.1 cm³/mol. The molecule has 0 aliphatic heterocycles. The molecule has 0 radical (unpaired) electrons. The Morgan fingerprint density at radius 2 is 0.647 bits per heavy atom. The van der Waals surface area contributed by atoms with Crippen LogP contribution in [0.25, 0.3) is 0 Å². The molecular formula is C15H46N2. The first kappa shape index (κ1) is 43.6. The summed E-state index contributed by atoms with van der Waals surface area (Å²) in [7, 11) is 0. The van der Waals surface area contributed by atoms with E-state index in [1.54, 1.807) is 0 Å². The molecule has 0 atom stereocenters. The molecule has 0 aliphatic rings. The molecule has 2 heteroatoms. The normalized spacial score (nSPS) is 7.41. The van der Waals surface area contributed by atoms with Crippen molar-refractivity contribution in [3.63, 3.8) is 0 Å². The minimum Gasteiger partial charge on any atom is -0.291 e. The summed E-state index contributed by atoms with van der Waals surface area (Å²) >= 11 is 0. The SMILES string of the molecule is C.C.C.C.C.C.CCN(CC)CN(CC)CC. The maximum absolute atomic E-state index is 2.44. The molecule has 17 heavy (non-hydrogen) atoms. The predicted octanol–water partition coefficient (Wildman–Crippen LogP) is 5.44. The zero-order valence-corrected chi connectivity index (χ0v) is 8.43. The molecule has 0 amide bonds. The highest BCUT2D eigenvalue weighted by Crippen LogP contribution is 1.92. The zero-order valence-electron chi connectivity index (χ0n) is 8.43. The number of rotatable bonds is 6. The minimum absolute atomic E-state index is 0. The van der Waals surface area contributed by atoms with Crippen LogP contribution in [-0.2, 0) is 0 Å². The molecule has 0 aromatic heterocycles. The third kappa shape index (κ3) is 21.7. The number of hydrogen-bond donors (Lipinski definition) is 0. The summed E-state index contributed by atoms with van der Waals surface area (Å²) in [4.78, 5) is 4.88. The Morgan fingerprint density at radius 1 is 0.471 bits per heavy atom. The fraction of sp³-hybridized carbons (Fsp3) is 1.00. The van der Waals surface area contributed by atoms with Crippen LogP contribution >= 0.6 is 0 Å². The molecule has 0 aromatic rings. The molecule has 0 saturated carbocycles. The van der Waals surface area contributed by atoms with Crippen molar-refractivity contribution in [2.45, 2.75) is 72.3 Å². The van der Waals surface area contributed by atoms with E-state index in [9.17, 15) is 0 Å². The molecule has 0 heterocycles. The van der Waals surface area contributed by atoms with Crippen LogP contribution < -0.4 is 0 Å². The van der Waals surface area contributed by atoms with Gasteiger partial charge in [-0.25, -0.2) is 0 Å². The zero-order chi connectivity index (χ0) is 8.69. The summed E-state index contributed by atoms with van der Waals surface area (Å²) in [5.74, 6) is 0. The van der Waals surface area contributed by atoms with E-state index in [-0.39, 0.29) is 44.6 Å². The van der Waals surface area contributed by atoms with Gasteiger partial charge in [0.1, 0.15) is 0 Å². The molecule has 0 bridgehead atoms. The third-order valence-corrected chi connectivity index (χ3v) is 2.19. The third-order valence-electron chi connectivity index (χ3n) is 2.19. The maximum atomic E-state index is 2.44. The lowest BCUT2D eigenvalue weighted by Crippen LogP contribution is -2.37. The lowest BCUT2D eigenvalue weighted by molar-refractivity contribution is 0.152. The second-order valence-corrected chi connectivity index (χ2v) is 2.75. The Hall–Kier alpha value is -0.0800. The van der Waals surface area contributed by atoms with E-state index in [0.717, 1.165) is 32.8 Å². The van der Waals surface area contributed by atoms with Crippen molar-refractivity contribution in [2.75, 3.05) is 32.8 Å². The molecule has 0 rings (SSSR count). The van der Waals surface area contributed by atoms with Gasteiger partial charge >= 0.3 is 0 Å². The first-order valence-corrected chi connectivity index (χ1v) is 4.73. The van der Waals surface area contributed by atoms with E-state index in [0.29, 0.717) is 0 Å². The molecule has 0 N–H and O–H groups in total. The van der Waals surface area contributed by atoms with Crippen LogP contribution in [0.5, 0.6) is 0 Å². The van der Waals surface area contributed by atoms with Gasteiger partial charge in [0.25, 0.3) is 0 Å². The molecule has 0 spiro atoms. The summed E-state index contributed by atoms with van der Waals surface area (Å²) < 4.78 is 0. The van der Waals surface area contributed by atoms with E-state index in [2.05, 4.69) is 37.5 Å². The van der Waals surface area contributed by atoms with Gasteiger partial charge in [-0.05, 0) is 26.2 Å². The van der Waals surface area contributed by atoms with Crippen molar-refractivity contribution in [1.82, 2.24) is 9.80 Å². The topological polar surface area (TPSA) is 6.48 Å².